The average Bonchev–Trinajstić information content (AvgIpc) is 2.27. The molecule has 0 unspecified atom stereocenters. The number of halogens is 7. The van der Waals surface area contributed by atoms with Crippen LogP contribution in [0.4, 0.5) is 26.3 Å². The molecule has 0 fully saturated rings. The van der Waals surface area contributed by atoms with Crippen LogP contribution >= 0.6 is 22.6 Å². The Hall–Kier alpha value is -1.27. The van der Waals surface area contributed by atoms with Gasteiger partial charge in [0.15, 0.2) is 11.4 Å². The Kier molecular flexibility index (Phi) is 4.71. The van der Waals surface area contributed by atoms with E-state index in [1.165, 1.54) is 0 Å². The van der Waals surface area contributed by atoms with Crippen molar-refractivity contribution in [1.29, 1.82) is 0 Å². The van der Waals surface area contributed by atoms with Gasteiger partial charge >= 0.3 is 18.5 Å². The molecule has 0 N–H and O–H groups in total. The first-order valence-corrected chi connectivity index (χ1v) is 5.65. The van der Waals surface area contributed by atoms with E-state index in [0.717, 1.165) is 29.7 Å². The molecule has 20 heavy (non-hydrogen) atoms. The molecule has 0 amide bonds. The Morgan fingerprint density at radius 2 is 1.80 bits per heavy atom. The van der Waals surface area contributed by atoms with Crippen molar-refractivity contribution < 1.29 is 40.6 Å². The smallest absolute Gasteiger partial charge is 0.465 e. The summed E-state index contributed by atoms with van der Waals surface area (Å²) in [4.78, 5) is 14.1. The minimum atomic E-state index is -5.13. The van der Waals surface area contributed by atoms with Gasteiger partial charge in [0.05, 0.1) is 16.9 Å². The van der Waals surface area contributed by atoms with E-state index in [1.54, 1.807) is 0 Å². The van der Waals surface area contributed by atoms with Crippen LogP contribution in [-0.4, -0.2) is 24.4 Å². The third-order valence-electron chi connectivity index (χ3n) is 1.87. The van der Waals surface area contributed by atoms with Gasteiger partial charge in [0.1, 0.15) is 5.56 Å². The summed E-state index contributed by atoms with van der Waals surface area (Å²) in [6, 6.07) is 0. The van der Waals surface area contributed by atoms with E-state index in [4.69, 9.17) is 0 Å². The Balaban J connectivity index is 3.47. The molecule has 0 saturated carbocycles. The van der Waals surface area contributed by atoms with Crippen LogP contribution in [0, 0.1) is 3.57 Å². The molecule has 1 rings (SSSR count). The number of ether oxygens (including phenoxy) is 2. The van der Waals surface area contributed by atoms with Crippen molar-refractivity contribution in [3.05, 3.63) is 21.0 Å². The molecule has 0 aliphatic rings. The van der Waals surface area contributed by atoms with E-state index in [2.05, 4.69) is 14.5 Å². The fraction of sp³-hybridized carbons (Fsp3) is 0.333. The molecule has 0 bridgehead atoms. The molecule has 0 radical (unpaired) electrons. The monoisotopic (exact) mass is 415 g/mol. The van der Waals surface area contributed by atoms with E-state index in [1.807, 2.05) is 0 Å². The predicted octanol–water partition coefficient (Wildman–Crippen LogP) is 3.39. The van der Waals surface area contributed by atoms with Crippen LogP contribution in [0.3, 0.4) is 0 Å². The SMILES string of the molecule is COC(=O)c1c(C(F)(F)F)ncc(OC(F)(F)F)c1I. The molecular formula is C9H4F6INO3. The molecule has 0 saturated heterocycles. The van der Waals surface area contributed by atoms with Gasteiger partial charge in [0.25, 0.3) is 0 Å². The maximum atomic E-state index is 12.7. The fourth-order valence-corrected chi connectivity index (χ4v) is 1.90. The minimum absolute atomic E-state index is 0.241. The predicted molar refractivity (Wildman–Crippen MR) is 60.0 cm³/mol. The van der Waals surface area contributed by atoms with E-state index in [0.29, 0.717) is 0 Å². The van der Waals surface area contributed by atoms with Gasteiger partial charge in [-0.2, -0.15) is 13.2 Å². The molecule has 0 spiro atoms. The summed E-state index contributed by atoms with van der Waals surface area (Å²) in [5, 5.41) is 0. The largest absolute Gasteiger partial charge is 0.573 e. The van der Waals surface area contributed by atoms with Gasteiger partial charge in [0, 0.05) is 0 Å². The first kappa shape index (κ1) is 16.8. The number of aromatic nitrogens is 1. The highest BCUT2D eigenvalue weighted by Gasteiger charge is 2.41. The number of carbonyl (C=O) groups excluding carboxylic acids is 1. The van der Waals surface area contributed by atoms with Crippen LogP contribution in [0.15, 0.2) is 6.20 Å². The van der Waals surface area contributed by atoms with Gasteiger partial charge in [-0.3, -0.25) is 0 Å². The summed E-state index contributed by atoms with van der Waals surface area (Å²) >= 11 is 1.12. The second kappa shape index (κ2) is 5.61. The lowest BCUT2D eigenvalue weighted by atomic mass is 10.2. The van der Waals surface area contributed by atoms with Gasteiger partial charge in [-0.05, 0) is 22.6 Å². The van der Waals surface area contributed by atoms with Crippen molar-refractivity contribution in [2.24, 2.45) is 0 Å². The van der Waals surface area contributed by atoms with Crippen LogP contribution in [0.5, 0.6) is 5.75 Å². The van der Waals surface area contributed by atoms with Gasteiger partial charge < -0.3 is 9.47 Å². The van der Waals surface area contributed by atoms with E-state index in [-0.39, 0.29) is 6.20 Å². The highest BCUT2D eigenvalue weighted by atomic mass is 127. The third kappa shape index (κ3) is 3.86. The zero-order valence-corrected chi connectivity index (χ0v) is 11.6. The van der Waals surface area contributed by atoms with Crippen molar-refractivity contribution in [3.63, 3.8) is 0 Å². The Morgan fingerprint density at radius 1 is 1.25 bits per heavy atom. The fourth-order valence-electron chi connectivity index (χ4n) is 1.17. The Bertz CT molecular complexity index is 528. The molecule has 0 aromatic carbocycles. The number of hydrogen-bond donors (Lipinski definition) is 0. The molecule has 1 aromatic rings. The van der Waals surface area contributed by atoms with Crippen LogP contribution in [0.25, 0.3) is 0 Å². The number of alkyl halides is 6. The number of hydrogen-bond acceptors (Lipinski definition) is 4. The van der Waals surface area contributed by atoms with Crippen LogP contribution in [0.2, 0.25) is 0 Å². The zero-order valence-electron chi connectivity index (χ0n) is 9.40. The van der Waals surface area contributed by atoms with E-state index in [9.17, 15) is 31.1 Å². The number of pyridine rings is 1. The first-order chi connectivity index (χ1) is 8.97. The van der Waals surface area contributed by atoms with Crippen molar-refractivity contribution in [1.82, 2.24) is 4.98 Å². The summed E-state index contributed by atoms with van der Waals surface area (Å²) in [6.07, 6.45) is -9.92. The second-order valence-electron chi connectivity index (χ2n) is 3.20. The summed E-state index contributed by atoms with van der Waals surface area (Å²) in [6.45, 7) is 0. The standard InChI is InChI=1S/C9H4F6INO3/c1-19-7(18)4-5(16)3(20-9(13,14)15)2-17-6(4)8(10,11)12/h2H,1H3. The molecule has 4 nitrogen and oxygen atoms in total. The summed E-state index contributed by atoms with van der Waals surface area (Å²) in [5.74, 6) is -2.49. The summed E-state index contributed by atoms with van der Waals surface area (Å²) in [7, 11) is 0.788. The van der Waals surface area contributed by atoms with Crippen molar-refractivity contribution in [3.8, 4) is 5.75 Å². The molecular weight excluding hydrogens is 411 g/mol. The van der Waals surface area contributed by atoms with Gasteiger partial charge in [-0.25, -0.2) is 9.78 Å². The molecule has 0 atom stereocenters. The minimum Gasteiger partial charge on any atom is -0.465 e. The zero-order chi connectivity index (χ0) is 15.7. The highest BCUT2D eigenvalue weighted by Crippen LogP contribution is 2.37. The molecule has 0 aliphatic heterocycles. The first-order valence-electron chi connectivity index (χ1n) is 4.57. The molecule has 0 aliphatic carbocycles. The maximum absolute atomic E-state index is 12.7. The van der Waals surface area contributed by atoms with E-state index < -0.39 is 39.1 Å². The maximum Gasteiger partial charge on any atom is 0.573 e. The summed E-state index contributed by atoms with van der Waals surface area (Å²) < 4.78 is 81.1. The van der Waals surface area contributed by atoms with Crippen LogP contribution in [0.1, 0.15) is 16.1 Å². The number of esters is 1. The van der Waals surface area contributed by atoms with Gasteiger partial charge in [-0.1, -0.05) is 0 Å². The normalized spacial score (nSPS) is 12.2. The van der Waals surface area contributed by atoms with Gasteiger partial charge in [-0.15, -0.1) is 13.2 Å². The number of nitrogens with zero attached hydrogens (tertiary/aromatic N) is 1. The second-order valence-corrected chi connectivity index (χ2v) is 4.28. The summed E-state index contributed by atoms with van der Waals surface area (Å²) in [5.41, 5.74) is -2.79. The average molecular weight is 415 g/mol. The number of methoxy groups -OCH3 is 1. The molecule has 112 valence electrons. The highest BCUT2D eigenvalue weighted by molar-refractivity contribution is 14.1. The third-order valence-corrected chi connectivity index (χ3v) is 2.94. The van der Waals surface area contributed by atoms with Crippen LogP contribution in [-0.2, 0) is 10.9 Å². The van der Waals surface area contributed by atoms with Gasteiger partial charge in [0.2, 0.25) is 0 Å². The number of carbonyl (C=O) groups is 1. The van der Waals surface area contributed by atoms with Crippen molar-refractivity contribution in [2.45, 2.75) is 12.5 Å². The lowest BCUT2D eigenvalue weighted by Gasteiger charge is -2.15. The van der Waals surface area contributed by atoms with E-state index >= 15 is 0 Å². The van der Waals surface area contributed by atoms with Crippen molar-refractivity contribution >= 4 is 28.6 Å². The molecule has 11 heteroatoms. The topological polar surface area (TPSA) is 48.4 Å². The lowest BCUT2D eigenvalue weighted by Crippen LogP contribution is -2.22. The van der Waals surface area contributed by atoms with Crippen molar-refractivity contribution in [2.75, 3.05) is 7.11 Å². The quantitative estimate of drug-likeness (QED) is 0.423. The lowest BCUT2D eigenvalue weighted by molar-refractivity contribution is -0.275. The molecule has 1 heterocycles. The molecule has 1 aromatic heterocycles. The number of rotatable bonds is 2. The van der Waals surface area contributed by atoms with Crippen LogP contribution < -0.4 is 4.74 Å². The Morgan fingerprint density at radius 3 is 2.20 bits per heavy atom. The Labute approximate surface area is 121 Å².